The van der Waals surface area contributed by atoms with Crippen molar-refractivity contribution in [2.75, 3.05) is 14.2 Å². The molecule has 2 heteroatoms. The summed E-state index contributed by atoms with van der Waals surface area (Å²) in [4.78, 5) is 0. The molecule has 0 aromatic heterocycles. The highest BCUT2D eigenvalue weighted by atomic mass is 16.5. The molecule has 9 aromatic carbocycles. The lowest BCUT2D eigenvalue weighted by atomic mass is 9.93. The van der Waals surface area contributed by atoms with Gasteiger partial charge >= 0.3 is 0 Å². The van der Waals surface area contributed by atoms with E-state index in [-0.39, 0.29) is 0 Å². The number of hydrogen-bond donors (Lipinski definition) is 0. The summed E-state index contributed by atoms with van der Waals surface area (Å²) in [5.41, 5.74) is 0. The van der Waals surface area contributed by atoms with E-state index >= 15 is 0 Å². The van der Waals surface area contributed by atoms with Crippen molar-refractivity contribution in [2.45, 2.75) is 0 Å². The van der Waals surface area contributed by atoms with Gasteiger partial charge in [0.15, 0.2) is 0 Å². The minimum absolute atomic E-state index is 0.888. The van der Waals surface area contributed by atoms with Crippen LogP contribution in [0.3, 0.4) is 0 Å². The van der Waals surface area contributed by atoms with Gasteiger partial charge in [-0.05, 0) is 135 Å². The Morgan fingerprint density at radius 1 is 0.342 bits per heavy atom. The summed E-state index contributed by atoms with van der Waals surface area (Å²) >= 11 is 0. The summed E-state index contributed by atoms with van der Waals surface area (Å²) in [6, 6.07) is 35.9. The van der Waals surface area contributed by atoms with Gasteiger partial charge in [0, 0.05) is 0 Å². The van der Waals surface area contributed by atoms with Crippen molar-refractivity contribution in [1.82, 2.24) is 0 Å². The van der Waals surface area contributed by atoms with Crippen LogP contribution in [0.4, 0.5) is 0 Å². The fourth-order valence-electron chi connectivity index (χ4n) is 7.00. The van der Waals surface area contributed by atoms with E-state index in [0.717, 1.165) is 11.5 Å². The molecule has 0 amide bonds. The summed E-state index contributed by atoms with van der Waals surface area (Å²) in [6.45, 7) is 0. The SMILES string of the molecule is COc1ccc2cc3c(cc2c1)c1cccc2c4cc5c6ccc(OC)cc6c6cccc(c4cc3c12)c65. The first kappa shape index (κ1) is 20.3. The molecule has 0 aliphatic heterocycles. The second-order valence-corrected chi connectivity index (χ2v) is 10.4. The molecule has 0 unspecified atom stereocenters. The van der Waals surface area contributed by atoms with Crippen molar-refractivity contribution in [3.8, 4) is 11.5 Å². The van der Waals surface area contributed by atoms with Crippen LogP contribution in [-0.4, -0.2) is 14.2 Å². The standard InChI is InChI=1S/C36H22O2/c1-37-21-10-9-19-14-29-28(15-20(19)13-21)24-5-3-8-27-31-17-33-23-12-11-22(38-2)16-30(23)25-6-4-7-26(35(25)33)32(31)18-34(29)36(24)27/h3-18H,1-2H3. The predicted molar refractivity (Wildman–Crippen MR) is 162 cm³/mol. The number of methoxy groups -OCH3 is 2. The lowest BCUT2D eigenvalue weighted by molar-refractivity contribution is 0.415. The van der Waals surface area contributed by atoms with Gasteiger partial charge in [-0.2, -0.15) is 0 Å². The molecule has 178 valence electrons. The summed E-state index contributed by atoms with van der Waals surface area (Å²) < 4.78 is 11.1. The van der Waals surface area contributed by atoms with Crippen LogP contribution in [-0.2, 0) is 0 Å². The summed E-state index contributed by atoms with van der Waals surface area (Å²) in [5.74, 6) is 1.78. The number of ether oxygens (including phenoxy) is 2. The Morgan fingerprint density at radius 3 is 1.45 bits per heavy atom. The Labute approximate surface area is 218 Å². The smallest absolute Gasteiger partial charge is 0.119 e. The van der Waals surface area contributed by atoms with Gasteiger partial charge in [0.25, 0.3) is 0 Å². The van der Waals surface area contributed by atoms with E-state index in [1.165, 1.54) is 86.2 Å². The van der Waals surface area contributed by atoms with Crippen LogP contribution in [0.25, 0.3) is 86.2 Å². The normalized spacial score (nSPS) is 12.5. The third kappa shape index (κ3) is 2.38. The zero-order chi connectivity index (χ0) is 25.1. The van der Waals surface area contributed by atoms with Crippen LogP contribution < -0.4 is 9.47 Å². The van der Waals surface area contributed by atoms with E-state index in [4.69, 9.17) is 9.47 Å². The van der Waals surface area contributed by atoms with E-state index in [1.54, 1.807) is 14.2 Å². The third-order valence-corrected chi connectivity index (χ3v) is 8.69. The predicted octanol–water partition coefficient (Wildman–Crippen LogP) is 9.80. The Kier molecular flexibility index (Phi) is 3.70. The fourth-order valence-corrected chi connectivity index (χ4v) is 7.00. The topological polar surface area (TPSA) is 18.5 Å². The average molecular weight is 487 g/mol. The zero-order valence-electron chi connectivity index (χ0n) is 21.1. The molecule has 0 aliphatic rings. The van der Waals surface area contributed by atoms with Crippen molar-refractivity contribution in [3.05, 3.63) is 97.1 Å². The molecule has 0 fully saturated rings. The molecule has 2 nitrogen and oxygen atoms in total. The van der Waals surface area contributed by atoms with E-state index in [2.05, 4.69) is 91.0 Å². The molecule has 0 radical (unpaired) electrons. The van der Waals surface area contributed by atoms with Crippen LogP contribution in [0.5, 0.6) is 11.5 Å². The van der Waals surface area contributed by atoms with Gasteiger partial charge in [-0.15, -0.1) is 0 Å². The van der Waals surface area contributed by atoms with Gasteiger partial charge in [0.2, 0.25) is 0 Å². The molecule has 0 N–H and O–H groups in total. The van der Waals surface area contributed by atoms with Gasteiger partial charge in [0.05, 0.1) is 14.2 Å². The molecule has 0 bridgehead atoms. The Bertz CT molecular complexity index is 2420. The van der Waals surface area contributed by atoms with Crippen molar-refractivity contribution >= 4 is 86.2 Å². The second kappa shape index (κ2) is 6.93. The highest BCUT2D eigenvalue weighted by Gasteiger charge is 2.19. The van der Waals surface area contributed by atoms with Gasteiger partial charge in [0.1, 0.15) is 11.5 Å². The van der Waals surface area contributed by atoms with E-state index in [1.807, 2.05) is 6.07 Å². The maximum absolute atomic E-state index is 5.58. The van der Waals surface area contributed by atoms with E-state index < -0.39 is 0 Å². The molecule has 9 aromatic rings. The quantitative estimate of drug-likeness (QED) is 0.226. The minimum atomic E-state index is 0.888. The van der Waals surface area contributed by atoms with Crippen LogP contribution in [0, 0.1) is 0 Å². The summed E-state index contributed by atoms with van der Waals surface area (Å²) in [5, 5.41) is 20.8. The maximum atomic E-state index is 5.58. The third-order valence-electron chi connectivity index (χ3n) is 8.69. The first-order chi connectivity index (χ1) is 18.7. The largest absolute Gasteiger partial charge is 0.497 e. The van der Waals surface area contributed by atoms with Gasteiger partial charge in [-0.3, -0.25) is 0 Å². The van der Waals surface area contributed by atoms with Crippen LogP contribution in [0.2, 0.25) is 0 Å². The van der Waals surface area contributed by atoms with E-state index in [0.29, 0.717) is 0 Å². The van der Waals surface area contributed by atoms with E-state index in [9.17, 15) is 0 Å². The number of benzene rings is 7. The maximum Gasteiger partial charge on any atom is 0.119 e. The molecular weight excluding hydrogens is 464 g/mol. The number of fused-ring (bicyclic) bond motifs is 10. The number of hydrogen-bond acceptors (Lipinski definition) is 2. The van der Waals surface area contributed by atoms with Gasteiger partial charge in [-0.25, -0.2) is 0 Å². The van der Waals surface area contributed by atoms with Crippen molar-refractivity contribution < 1.29 is 9.47 Å². The Hall–Kier alpha value is -4.82. The number of rotatable bonds is 2. The Morgan fingerprint density at radius 2 is 0.816 bits per heavy atom. The van der Waals surface area contributed by atoms with Crippen molar-refractivity contribution in [1.29, 1.82) is 0 Å². The zero-order valence-corrected chi connectivity index (χ0v) is 21.1. The second-order valence-electron chi connectivity index (χ2n) is 10.4. The Balaban J connectivity index is 1.51. The van der Waals surface area contributed by atoms with Gasteiger partial charge in [-0.1, -0.05) is 48.5 Å². The molecule has 38 heavy (non-hydrogen) atoms. The molecule has 0 spiro atoms. The molecular formula is C36H22O2. The molecule has 9 rings (SSSR count). The van der Waals surface area contributed by atoms with Crippen molar-refractivity contribution in [2.24, 2.45) is 0 Å². The van der Waals surface area contributed by atoms with Crippen LogP contribution >= 0.6 is 0 Å². The first-order valence-electron chi connectivity index (χ1n) is 13.0. The molecule has 0 saturated carbocycles. The molecule has 0 heterocycles. The van der Waals surface area contributed by atoms with Crippen LogP contribution in [0.15, 0.2) is 97.1 Å². The first-order valence-corrected chi connectivity index (χ1v) is 13.0. The molecule has 0 saturated heterocycles. The highest BCUT2D eigenvalue weighted by molar-refractivity contribution is 6.41. The van der Waals surface area contributed by atoms with Crippen molar-refractivity contribution in [3.63, 3.8) is 0 Å². The highest BCUT2D eigenvalue weighted by Crippen LogP contribution is 2.48. The molecule has 0 aliphatic carbocycles. The average Bonchev–Trinajstić information content (AvgIpc) is 3.45. The lowest BCUT2D eigenvalue weighted by Crippen LogP contribution is -1.82. The summed E-state index contributed by atoms with van der Waals surface area (Å²) in [6.07, 6.45) is 0. The molecule has 0 atom stereocenters. The monoisotopic (exact) mass is 486 g/mol. The van der Waals surface area contributed by atoms with Crippen LogP contribution in [0.1, 0.15) is 0 Å². The fraction of sp³-hybridized carbons (Fsp3) is 0.0556. The minimum Gasteiger partial charge on any atom is -0.497 e. The van der Waals surface area contributed by atoms with Gasteiger partial charge < -0.3 is 9.47 Å². The summed E-state index contributed by atoms with van der Waals surface area (Å²) in [7, 11) is 3.46. The lowest BCUT2D eigenvalue weighted by Gasteiger charge is -2.10.